The molecule has 2 aliphatic rings. The number of aliphatic hydroxyl groups is 1. The van der Waals surface area contributed by atoms with Gasteiger partial charge >= 0.3 is 0 Å². The van der Waals surface area contributed by atoms with E-state index in [2.05, 4.69) is 11.0 Å². The van der Waals surface area contributed by atoms with E-state index in [1.54, 1.807) is 12.1 Å². The van der Waals surface area contributed by atoms with Crippen molar-refractivity contribution < 1.29 is 9.50 Å². The normalized spacial score (nSPS) is 18.2. The van der Waals surface area contributed by atoms with Crippen LogP contribution in [0.5, 0.6) is 0 Å². The molecule has 1 N–H and O–H groups in total. The smallest absolute Gasteiger partial charge is 0.147 e. The molecule has 25 heavy (non-hydrogen) atoms. The molecule has 0 saturated carbocycles. The fraction of sp³-hybridized carbons (Fsp3) is 0.300. The number of fused-ring (bicyclic) bond motifs is 2. The molecule has 0 aromatic heterocycles. The number of benzene rings is 2. The lowest BCUT2D eigenvalue weighted by Crippen LogP contribution is -2.34. The van der Waals surface area contributed by atoms with E-state index in [1.165, 1.54) is 28.3 Å². The van der Waals surface area contributed by atoms with Crippen molar-refractivity contribution in [2.45, 2.75) is 18.9 Å². The molecule has 1 unspecified atom stereocenters. The number of hydrogen-bond donors (Lipinski definition) is 1. The Morgan fingerprint density at radius 1 is 1.20 bits per heavy atom. The van der Waals surface area contributed by atoms with Crippen LogP contribution in [-0.4, -0.2) is 29.6 Å². The number of β-amino-alcohol motifs (C(OH)–C–C–N with tert-alkyl or cyclic N) is 1. The summed E-state index contributed by atoms with van der Waals surface area (Å²) in [6.45, 7) is 2.02. The third-order valence-electron chi connectivity index (χ3n) is 5.09. The molecule has 1 aliphatic carbocycles. The van der Waals surface area contributed by atoms with Crippen molar-refractivity contribution in [3.05, 3.63) is 74.5 Å². The maximum absolute atomic E-state index is 14.1. The van der Waals surface area contributed by atoms with Crippen LogP contribution in [0, 0.1) is 5.82 Å². The standard InChI is InChI=1S/C20H18Cl2FNO/c21-14-5-4-12-8-13-10-24(7-6-15(13)17(12)9-14)11-19(25)16-2-1-3-18(22)20(16)23/h1-5,9,19,25H,6-8,10-11H2. The minimum atomic E-state index is -0.890. The predicted molar refractivity (Wildman–Crippen MR) is 99.5 cm³/mol. The van der Waals surface area contributed by atoms with Crippen LogP contribution in [0.25, 0.3) is 5.57 Å². The second-order valence-electron chi connectivity index (χ2n) is 6.70. The van der Waals surface area contributed by atoms with Crippen molar-refractivity contribution in [3.8, 4) is 0 Å². The van der Waals surface area contributed by atoms with Crippen LogP contribution in [-0.2, 0) is 6.42 Å². The highest BCUT2D eigenvalue weighted by molar-refractivity contribution is 6.31. The average molecular weight is 378 g/mol. The highest BCUT2D eigenvalue weighted by Gasteiger charge is 2.28. The Balaban J connectivity index is 1.49. The van der Waals surface area contributed by atoms with E-state index in [0.717, 1.165) is 31.0 Å². The SMILES string of the molecule is OC(CN1CCC2=C(Cc3ccc(Cl)cc32)C1)c1cccc(Cl)c1F. The monoisotopic (exact) mass is 377 g/mol. The molecule has 2 nitrogen and oxygen atoms in total. The lowest BCUT2D eigenvalue weighted by molar-refractivity contribution is 0.114. The van der Waals surface area contributed by atoms with Crippen molar-refractivity contribution in [1.82, 2.24) is 4.90 Å². The Morgan fingerprint density at radius 3 is 2.88 bits per heavy atom. The van der Waals surface area contributed by atoms with Crippen LogP contribution >= 0.6 is 23.2 Å². The van der Waals surface area contributed by atoms with Crippen LogP contribution in [0.4, 0.5) is 4.39 Å². The summed E-state index contributed by atoms with van der Waals surface area (Å²) in [6, 6.07) is 10.8. The maximum Gasteiger partial charge on any atom is 0.147 e. The van der Waals surface area contributed by atoms with Crippen molar-refractivity contribution in [2.24, 2.45) is 0 Å². The minimum absolute atomic E-state index is 0.0447. The zero-order valence-electron chi connectivity index (χ0n) is 13.6. The van der Waals surface area contributed by atoms with Gasteiger partial charge in [-0.25, -0.2) is 4.39 Å². The second-order valence-corrected chi connectivity index (χ2v) is 7.55. The quantitative estimate of drug-likeness (QED) is 0.823. The van der Waals surface area contributed by atoms with Gasteiger partial charge in [-0.15, -0.1) is 0 Å². The van der Waals surface area contributed by atoms with E-state index >= 15 is 0 Å². The van der Waals surface area contributed by atoms with E-state index in [4.69, 9.17) is 23.2 Å². The van der Waals surface area contributed by atoms with Crippen LogP contribution in [0.1, 0.15) is 29.2 Å². The zero-order valence-corrected chi connectivity index (χ0v) is 15.1. The molecule has 0 bridgehead atoms. The van der Waals surface area contributed by atoms with Gasteiger partial charge in [0.05, 0.1) is 11.1 Å². The molecule has 1 heterocycles. The van der Waals surface area contributed by atoms with E-state index in [0.29, 0.717) is 6.54 Å². The molecule has 1 aliphatic heterocycles. The van der Waals surface area contributed by atoms with Crippen LogP contribution in [0.15, 0.2) is 42.0 Å². The van der Waals surface area contributed by atoms with E-state index in [9.17, 15) is 9.50 Å². The molecule has 2 aromatic rings. The molecule has 0 fully saturated rings. The van der Waals surface area contributed by atoms with Gasteiger partial charge in [-0.2, -0.15) is 0 Å². The summed E-state index contributed by atoms with van der Waals surface area (Å²) in [7, 11) is 0. The predicted octanol–water partition coefficient (Wildman–Crippen LogP) is 4.88. The zero-order chi connectivity index (χ0) is 17.6. The Morgan fingerprint density at radius 2 is 2.04 bits per heavy atom. The fourth-order valence-electron chi connectivity index (χ4n) is 3.87. The summed E-state index contributed by atoms with van der Waals surface area (Å²) in [4.78, 5) is 2.18. The summed E-state index contributed by atoms with van der Waals surface area (Å²) in [5, 5.41) is 11.3. The first-order chi connectivity index (χ1) is 12.0. The molecule has 5 heteroatoms. The highest BCUT2D eigenvalue weighted by atomic mass is 35.5. The average Bonchev–Trinajstić information content (AvgIpc) is 2.94. The van der Waals surface area contributed by atoms with Gasteiger partial charge in [-0.3, -0.25) is 4.90 Å². The van der Waals surface area contributed by atoms with Crippen molar-refractivity contribution in [3.63, 3.8) is 0 Å². The molecular formula is C20H18Cl2FNO. The Hall–Kier alpha value is -1.39. The first-order valence-corrected chi connectivity index (χ1v) is 9.12. The van der Waals surface area contributed by atoms with Gasteiger partial charge in [0.1, 0.15) is 5.82 Å². The number of halogens is 3. The molecule has 0 amide bonds. The largest absolute Gasteiger partial charge is 0.387 e. The molecular weight excluding hydrogens is 360 g/mol. The number of aliphatic hydroxyl groups excluding tert-OH is 1. The van der Waals surface area contributed by atoms with Gasteiger partial charge in [-0.1, -0.05) is 41.4 Å². The third kappa shape index (κ3) is 3.22. The fourth-order valence-corrected chi connectivity index (χ4v) is 4.22. The summed E-state index contributed by atoms with van der Waals surface area (Å²) >= 11 is 12.0. The van der Waals surface area contributed by atoms with Gasteiger partial charge in [0.25, 0.3) is 0 Å². The Labute approximate surface area is 156 Å². The molecule has 4 rings (SSSR count). The van der Waals surface area contributed by atoms with Crippen molar-refractivity contribution >= 4 is 28.8 Å². The van der Waals surface area contributed by atoms with Gasteiger partial charge in [0, 0.05) is 30.2 Å². The lowest BCUT2D eigenvalue weighted by atomic mass is 9.98. The van der Waals surface area contributed by atoms with Gasteiger partial charge in [-0.05, 0) is 53.3 Å². The molecule has 0 saturated heterocycles. The molecule has 2 aromatic carbocycles. The van der Waals surface area contributed by atoms with Crippen LogP contribution in [0.3, 0.4) is 0 Å². The first kappa shape index (κ1) is 17.0. The maximum atomic E-state index is 14.1. The second kappa shape index (κ2) is 6.73. The number of rotatable bonds is 3. The van der Waals surface area contributed by atoms with Crippen LogP contribution in [0.2, 0.25) is 10.0 Å². The Bertz CT molecular complexity index is 865. The topological polar surface area (TPSA) is 23.5 Å². The summed E-state index contributed by atoms with van der Waals surface area (Å²) in [6.07, 6.45) is 0.965. The van der Waals surface area contributed by atoms with Gasteiger partial charge in [0.2, 0.25) is 0 Å². The van der Waals surface area contributed by atoms with E-state index in [1.807, 2.05) is 12.1 Å². The highest BCUT2D eigenvalue weighted by Crippen LogP contribution is 2.39. The number of hydrogen-bond acceptors (Lipinski definition) is 2. The van der Waals surface area contributed by atoms with Crippen molar-refractivity contribution in [2.75, 3.05) is 19.6 Å². The van der Waals surface area contributed by atoms with Crippen LogP contribution < -0.4 is 0 Å². The summed E-state index contributed by atoms with van der Waals surface area (Å²) in [5.74, 6) is -0.531. The minimum Gasteiger partial charge on any atom is -0.387 e. The third-order valence-corrected chi connectivity index (χ3v) is 5.62. The van der Waals surface area contributed by atoms with Crippen molar-refractivity contribution in [1.29, 1.82) is 0 Å². The van der Waals surface area contributed by atoms with Gasteiger partial charge < -0.3 is 5.11 Å². The molecule has 130 valence electrons. The summed E-state index contributed by atoms with van der Waals surface area (Å²) < 4.78 is 14.1. The number of nitrogens with zero attached hydrogens (tertiary/aromatic N) is 1. The molecule has 1 atom stereocenters. The molecule has 0 radical (unpaired) electrons. The lowest BCUT2D eigenvalue weighted by Gasteiger charge is -2.30. The molecule has 0 spiro atoms. The first-order valence-electron chi connectivity index (χ1n) is 8.37. The van der Waals surface area contributed by atoms with E-state index < -0.39 is 11.9 Å². The van der Waals surface area contributed by atoms with E-state index in [-0.39, 0.29) is 10.6 Å². The summed E-state index contributed by atoms with van der Waals surface area (Å²) in [5.41, 5.74) is 5.61. The Kier molecular flexibility index (Phi) is 4.59. The van der Waals surface area contributed by atoms with Gasteiger partial charge in [0.15, 0.2) is 0 Å².